The van der Waals surface area contributed by atoms with Gasteiger partial charge in [-0.3, -0.25) is 0 Å². The van der Waals surface area contributed by atoms with Gasteiger partial charge in [-0.15, -0.1) is 24.0 Å². The zero-order chi connectivity index (χ0) is 16.5. The van der Waals surface area contributed by atoms with Crippen LogP contribution in [0.15, 0.2) is 29.3 Å². The van der Waals surface area contributed by atoms with Crippen LogP contribution in [-0.4, -0.2) is 32.3 Å². The van der Waals surface area contributed by atoms with Gasteiger partial charge >= 0.3 is 0 Å². The van der Waals surface area contributed by atoms with Gasteiger partial charge in [0.25, 0.3) is 0 Å². The Morgan fingerprint density at radius 3 is 2.46 bits per heavy atom. The molecule has 2 rings (SSSR count). The molecule has 1 aromatic carbocycles. The van der Waals surface area contributed by atoms with Crippen molar-refractivity contribution >= 4 is 29.9 Å². The number of hydrogen-bond acceptors (Lipinski definition) is 2. The van der Waals surface area contributed by atoms with Gasteiger partial charge in [0.2, 0.25) is 0 Å². The highest BCUT2D eigenvalue weighted by Crippen LogP contribution is 2.48. The van der Waals surface area contributed by atoms with E-state index in [-0.39, 0.29) is 24.0 Å². The highest BCUT2D eigenvalue weighted by molar-refractivity contribution is 14.0. The predicted molar refractivity (Wildman–Crippen MR) is 112 cm³/mol. The molecule has 136 valence electrons. The van der Waals surface area contributed by atoms with Gasteiger partial charge in [-0.25, -0.2) is 4.99 Å². The molecular formula is C19H32IN3O. The maximum atomic E-state index is 5.50. The fraction of sp³-hybridized carbons (Fsp3) is 0.632. The summed E-state index contributed by atoms with van der Waals surface area (Å²) in [7, 11) is 0. The van der Waals surface area contributed by atoms with E-state index in [2.05, 4.69) is 55.7 Å². The zero-order valence-electron chi connectivity index (χ0n) is 15.2. The largest absolute Gasteiger partial charge is 0.382 e. The van der Waals surface area contributed by atoms with E-state index in [9.17, 15) is 0 Å². The van der Waals surface area contributed by atoms with Gasteiger partial charge < -0.3 is 15.4 Å². The molecule has 24 heavy (non-hydrogen) atoms. The van der Waals surface area contributed by atoms with Crippen LogP contribution in [-0.2, 0) is 11.3 Å². The van der Waals surface area contributed by atoms with Crippen LogP contribution < -0.4 is 10.6 Å². The summed E-state index contributed by atoms with van der Waals surface area (Å²) in [6.45, 7) is 10.5. The predicted octanol–water partition coefficient (Wildman–Crippen LogP) is 3.87. The van der Waals surface area contributed by atoms with E-state index in [0.29, 0.717) is 12.0 Å². The number of rotatable bonds is 9. The number of guanidine groups is 1. The van der Waals surface area contributed by atoms with E-state index >= 15 is 0 Å². The minimum atomic E-state index is 0. The Balaban J connectivity index is 0.00000288. The van der Waals surface area contributed by atoms with E-state index < -0.39 is 0 Å². The number of nitrogens with one attached hydrogen (secondary N) is 2. The van der Waals surface area contributed by atoms with Crippen LogP contribution >= 0.6 is 24.0 Å². The van der Waals surface area contributed by atoms with Gasteiger partial charge in [-0.05, 0) is 51.0 Å². The quantitative estimate of drug-likeness (QED) is 0.263. The molecule has 0 saturated heterocycles. The lowest BCUT2D eigenvalue weighted by molar-refractivity contribution is 0.128. The highest BCUT2D eigenvalue weighted by atomic mass is 127. The number of ether oxygens (including phenoxy) is 1. The van der Waals surface area contributed by atoms with Gasteiger partial charge in [-0.2, -0.15) is 0 Å². The van der Waals surface area contributed by atoms with Crippen molar-refractivity contribution in [3.05, 3.63) is 35.4 Å². The lowest BCUT2D eigenvalue weighted by Crippen LogP contribution is -2.40. The summed E-state index contributed by atoms with van der Waals surface area (Å²) < 4.78 is 5.50. The summed E-state index contributed by atoms with van der Waals surface area (Å²) in [5.41, 5.74) is 2.95. The third-order valence-electron chi connectivity index (χ3n) is 4.45. The molecule has 0 unspecified atom stereocenters. The van der Waals surface area contributed by atoms with Crippen LogP contribution in [0.4, 0.5) is 0 Å². The summed E-state index contributed by atoms with van der Waals surface area (Å²) in [5, 5.41) is 6.85. The second-order valence-electron chi connectivity index (χ2n) is 6.48. The van der Waals surface area contributed by atoms with Crippen LogP contribution in [0.2, 0.25) is 0 Å². The maximum absolute atomic E-state index is 5.50. The topological polar surface area (TPSA) is 45.7 Å². The average molecular weight is 445 g/mol. The smallest absolute Gasteiger partial charge is 0.191 e. The van der Waals surface area contributed by atoms with Crippen molar-refractivity contribution in [2.24, 2.45) is 10.4 Å². The first-order chi connectivity index (χ1) is 11.2. The molecule has 1 aliphatic rings. The van der Waals surface area contributed by atoms with Gasteiger partial charge in [0.15, 0.2) is 5.96 Å². The SMILES string of the molecule is CCNC(=NCc1ccc(C)cc1)NCC1(CCOCC)CC1.I. The molecule has 0 amide bonds. The number of hydrogen-bond donors (Lipinski definition) is 2. The summed E-state index contributed by atoms with van der Waals surface area (Å²) in [6, 6.07) is 8.57. The third-order valence-corrected chi connectivity index (χ3v) is 4.45. The number of nitrogens with zero attached hydrogens (tertiary/aromatic N) is 1. The fourth-order valence-electron chi connectivity index (χ4n) is 2.60. The Morgan fingerprint density at radius 1 is 1.17 bits per heavy atom. The molecule has 1 aliphatic carbocycles. The first-order valence-corrected chi connectivity index (χ1v) is 8.83. The molecule has 1 saturated carbocycles. The Kier molecular flexibility index (Phi) is 9.66. The summed E-state index contributed by atoms with van der Waals surface area (Å²) >= 11 is 0. The number of benzene rings is 1. The van der Waals surface area contributed by atoms with Crippen molar-refractivity contribution in [2.75, 3.05) is 26.3 Å². The molecule has 5 heteroatoms. The first-order valence-electron chi connectivity index (χ1n) is 8.83. The molecule has 0 aliphatic heterocycles. The zero-order valence-corrected chi connectivity index (χ0v) is 17.6. The van der Waals surface area contributed by atoms with E-state index in [1.807, 2.05) is 0 Å². The molecule has 1 fully saturated rings. The van der Waals surface area contributed by atoms with Gasteiger partial charge in [-0.1, -0.05) is 29.8 Å². The summed E-state index contributed by atoms with van der Waals surface area (Å²) in [4.78, 5) is 4.70. The molecule has 0 bridgehead atoms. The average Bonchev–Trinajstić information content (AvgIpc) is 3.32. The Morgan fingerprint density at radius 2 is 1.88 bits per heavy atom. The summed E-state index contributed by atoms with van der Waals surface area (Å²) in [6.07, 6.45) is 3.74. The molecule has 1 aromatic rings. The fourth-order valence-corrected chi connectivity index (χ4v) is 2.60. The Hall–Kier alpha value is -0.820. The van der Waals surface area contributed by atoms with Crippen molar-refractivity contribution in [1.29, 1.82) is 0 Å². The lowest BCUT2D eigenvalue weighted by Gasteiger charge is -2.18. The first kappa shape index (κ1) is 21.2. The van der Waals surface area contributed by atoms with Crippen molar-refractivity contribution in [1.82, 2.24) is 10.6 Å². The molecule has 2 N–H and O–H groups in total. The highest BCUT2D eigenvalue weighted by Gasteiger charge is 2.41. The molecule has 0 aromatic heterocycles. The van der Waals surface area contributed by atoms with Crippen molar-refractivity contribution < 1.29 is 4.74 Å². The van der Waals surface area contributed by atoms with Crippen LogP contribution in [0.3, 0.4) is 0 Å². The molecule has 0 atom stereocenters. The summed E-state index contributed by atoms with van der Waals surface area (Å²) in [5.74, 6) is 0.913. The van der Waals surface area contributed by atoms with Gasteiger partial charge in [0.1, 0.15) is 0 Å². The number of aliphatic imine (C=N–C) groups is 1. The van der Waals surface area contributed by atoms with Crippen molar-refractivity contribution in [2.45, 2.75) is 46.6 Å². The number of halogens is 1. The molecular weight excluding hydrogens is 413 g/mol. The van der Waals surface area contributed by atoms with E-state index in [0.717, 1.165) is 38.7 Å². The minimum Gasteiger partial charge on any atom is -0.382 e. The van der Waals surface area contributed by atoms with Crippen molar-refractivity contribution in [3.63, 3.8) is 0 Å². The second kappa shape index (κ2) is 10.9. The standard InChI is InChI=1S/C19H31N3O.HI/c1-4-20-18(21-14-17-8-6-16(3)7-9-17)22-15-19(10-11-19)12-13-23-5-2;/h6-9H,4-5,10-15H2,1-3H3,(H2,20,21,22);1H. The molecule has 0 heterocycles. The van der Waals surface area contributed by atoms with E-state index in [4.69, 9.17) is 9.73 Å². The van der Waals surface area contributed by atoms with Gasteiger partial charge in [0, 0.05) is 26.3 Å². The normalized spacial score (nSPS) is 15.5. The van der Waals surface area contributed by atoms with E-state index in [1.165, 1.54) is 24.0 Å². The maximum Gasteiger partial charge on any atom is 0.191 e. The van der Waals surface area contributed by atoms with E-state index in [1.54, 1.807) is 0 Å². The Bertz CT molecular complexity index is 498. The molecule has 4 nitrogen and oxygen atoms in total. The molecule has 0 radical (unpaired) electrons. The van der Waals surface area contributed by atoms with Crippen LogP contribution in [0, 0.1) is 12.3 Å². The monoisotopic (exact) mass is 445 g/mol. The van der Waals surface area contributed by atoms with Crippen molar-refractivity contribution in [3.8, 4) is 0 Å². The Labute approximate surface area is 163 Å². The van der Waals surface area contributed by atoms with Gasteiger partial charge in [0.05, 0.1) is 6.54 Å². The minimum absolute atomic E-state index is 0. The molecule has 0 spiro atoms. The lowest BCUT2D eigenvalue weighted by atomic mass is 10.0. The van der Waals surface area contributed by atoms with Crippen LogP contribution in [0.25, 0.3) is 0 Å². The third kappa shape index (κ3) is 7.38. The van der Waals surface area contributed by atoms with Crippen LogP contribution in [0.1, 0.15) is 44.2 Å². The van der Waals surface area contributed by atoms with Crippen LogP contribution in [0.5, 0.6) is 0 Å². The number of aryl methyl sites for hydroxylation is 1. The second-order valence-corrected chi connectivity index (χ2v) is 6.48.